The number of carbonyl (C=O) groups excluding carboxylic acids is 4. The van der Waals surface area contributed by atoms with Gasteiger partial charge in [0.05, 0.1) is 35.3 Å². The minimum absolute atomic E-state index is 0.0579. The fourth-order valence-corrected chi connectivity index (χ4v) is 8.74. The van der Waals surface area contributed by atoms with E-state index in [1.165, 1.54) is 0 Å². The van der Waals surface area contributed by atoms with E-state index in [-0.39, 0.29) is 43.4 Å². The Labute approximate surface area is 393 Å². The molecule has 68 heavy (non-hydrogen) atoms. The Kier molecular flexibility index (Phi) is 18.1. The smallest absolute Gasteiger partial charge is 0.350 e. The molecule has 2 fully saturated rings. The molecule has 0 radical (unpaired) electrons. The first kappa shape index (κ1) is 51.1. The van der Waals surface area contributed by atoms with Crippen molar-refractivity contribution in [2.24, 2.45) is 11.8 Å². The lowest BCUT2D eigenvalue weighted by molar-refractivity contribution is -0.163. The number of rotatable bonds is 21. The van der Waals surface area contributed by atoms with Crippen molar-refractivity contribution in [3.05, 3.63) is 72.3 Å². The number of sulfonamides is 2. The van der Waals surface area contributed by atoms with Gasteiger partial charge in [0.15, 0.2) is 11.6 Å². The van der Waals surface area contributed by atoms with E-state index in [0.717, 1.165) is 31.9 Å². The lowest BCUT2D eigenvalue weighted by Crippen LogP contribution is -2.43. The Morgan fingerprint density at radius 3 is 1.66 bits per heavy atom. The molecule has 0 atom stereocenters. The van der Waals surface area contributed by atoms with Crippen LogP contribution in [0.15, 0.2) is 69.7 Å². The molecule has 2 aliphatic rings. The van der Waals surface area contributed by atoms with Gasteiger partial charge in [-0.1, -0.05) is 34.6 Å². The van der Waals surface area contributed by atoms with Crippen molar-refractivity contribution in [3.63, 3.8) is 0 Å². The summed E-state index contributed by atoms with van der Waals surface area (Å²) in [6.45, 7) is 7.36. The van der Waals surface area contributed by atoms with E-state index >= 15 is 0 Å². The van der Waals surface area contributed by atoms with Crippen LogP contribution in [0.5, 0.6) is 0 Å². The molecule has 0 aliphatic carbocycles. The SMILES string of the molecule is Cc1noc(-c2ccccc2NC(=O)NCC2CCN(CCNS(=O)(=O)COC(=O)/C=C\C(=O)ON(CCN3CCC(CNC(=O)Nc4ccccc4-c4nc(C)no4)CC3)S(C)(=O)=O)CC2)n1. The number of amides is 4. The third-order valence-corrected chi connectivity index (χ3v) is 13.1. The van der Waals surface area contributed by atoms with Gasteiger partial charge in [-0.15, -0.1) is 0 Å². The second kappa shape index (κ2) is 24.1. The van der Waals surface area contributed by atoms with Crippen LogP contribution in [0.3, 0.4) is 0 Å². The molecule has 2 aliphatic heterocycles. The summed E-state index contributed by atoms with van der Waals surface area (Å²) in [6, 6.07) is 13.4. The summed E-state index contributed by atoms with van der Waals surface area (Å²) in [6.07, 6.45) is 5.15. The molecule has 24 nitrogen and oxygen atoms in total. The number of hydroxylamine groups is 1. The number of nitrogens with zero attached hydrogens (tertiary/aromatic N) is 7. The van der Waals surface area contributed by atoms with Crippen molar-refractivity contribution >= 4 is 55.4 Å². The standard InChI is InChI=1S/C42H56N12O12S2/c1-29-46-39(64-50-29)33-8-4-6-10-35(33)48-41(57)43-26-31-14-19-52(20-15-31)23-18-45-68(61,62)28-63-37(55)12-13-38(56)66-54(67(3,59)60)25-24-53-21-16-32(17-22-53)27-44-42(58)49-36-11-7-5-9-34(36)40-47-30(2)51-65-40/h4-13,31-32,45H,14-28H2,1-3H3,(H2,43,48,57)(H2,44,49,58)/b13-12-. The van der Waals surface area contributed by atoms with Crippen LogP contribution in [0, 0.1) is 25.7 Å². The zero-order valence-corrected chi connectivity index (χ0v) is 39.5. The average molecular weight is 985 g/mol. The van der Waals surface area contributed by atoms with E-state index in [9.17, 15) is 36.0 Å². The van der Waals surface area contributed by atoms with E-state index in [2.05, 4.69) is 51.2 Å². The van der Waals surface area contributed by atoms with Crippen LogP contribution in [0.1, 0.15) is 37.3 Å². The molecule has 0 bridgehead atoms. The Morgan fingerprint density at radius 2 is 1.19 bits per heavy atom. The molecule has 6 rings (SSSR count). The largest absolute Gasteiger partial charge is 0.445 e. The molecular formula is C42H56N12O12S2. The first-order chi connectivity index (χ1) is 32.5. The van der Waals surface area contributed by atoms with E-state index in [4.69, 9.17) is 18.6 Å². The van der Waals surface area contributed by atoms with Crippen LogP contribution in [0.2, 0.25) is 0 Å². The monoisotopic (exact) mass is 984 g/mol. The van der Waals surface area contributed by atoms with Crippen LogP contribution in [0.25, 0.3) is 22.9 Å². The van der Waals surface area contributed by atoms with Gasteiger partial charge in [-0.3, -0.25) is 0 Å². The van der Waals surface area contributed by atoms with Gasteiger partial charge in [0.25, 0.3) is 11.8 Å². The third kappa shape index (κ3) is 16.2. The molecule has 2 saturated heterocycles. The number of aryl methyl sites for hydroxylation is 2. The summed E-state index contributed by atoms with van der Waals surface area (Å²) in [5.41, 5.74) is 2.23. The number of para-hydroxylation sites is 2. The van der Waals surface area contributed by atoms with Gasteiger partial charge >= 0.3 is 24.0 Å². The van der Waals surface area contributed by atoms with Gasteiger partial charge in [-0.2, -0.15) is 9.97 Å². The van der Waals surface area contributed by atoms with E-state index in [1.54, 1.807) is 62.4 Å². The van der Waals surface area contributed by atoms with Gasteiger partial charge in [0, 0.05) is 44.9 Å². The second-order valence-electron chi connectivity index (χ2n) is 16.2. The van der Waals surface area contributed by atoms with Crippen LogP contribution < -0.4 is 26.0 Å². The number of aromatic nitrogens is 4. The first-order valence-electron chi connectivity index (χ1n) is 21.9. The average Bonchev–Trinajstić information content (AvgIpc) is 3.96. The van der Waals surface area contributed by atoms with Crippen molar-refractivity contribution in [3.8, 4) is 22.9 Å². The van der Waals surface area contributed by atoms with E-state index in [0.29, 0.717) is 102 Å². The molecule has 2 aromatic heterocycles. The second-order valence-corrected chi connectivity index (χ2v) is 19.9. The molecule has 4 amide bonds. The van der Waals surface area contributed by atoms with E-state index < -0.39 is 44.0 Å². The normalized spacial score (nSPS) is 15.6. The number of anilines is 2. The number of nitrogens with one attached hydrogen (secondary N) is 5. The maximum atomic E-state index is 12.7. The highest BCUT2D eigenvalue weighted by Crippen LogP contribution is 2.28. The fourth-order valence-electron chi connectivity index (χ4n) is 7.36. The fraction of sp³-hybridized carbons (Fsp3) is 0.476. The number of benzene rings is 2. The Hall–Kier alpha value is -6.32. The van der Waals surface area contributed by atoms with Crippen LogP contribution in [-0.2, 0) is 39.2 Å². The van der Waals surface area contributed by atoms with Crippen LogP contribution in [0.4, 0.5) is 21.0 Å². The molecule has 0 spiro atoms. The molecule has 26 heteroatoms. The minimum atomic E-state index is -4.04. The summed E-state index contributed by atoms with van der Waals surface area (Å²) < 4.78 is 68.1. The highest BCUT2D eigenvalue weighted by molar-refractivity contribution is 7.89. The maximum absolute atomic E-state index is 12.7. The molecular weight excluding hydrogens is 929 g/mol. The number of esters is 1. The number of hydrogen-bond acceptors (Lipinski definition) is 18. The van der Waals surface area contributed by atoms with Gasteiger partial charge < -0.3 is 49.7 Å². The number of piperidine rings is 2. The van der Waals surface area contributed by atoms with Crippen molar-refractivity contribution in [2.75, 3.05) is 88.3 Å². The third-order valence-electron chi connectivity index (χ3n) is 11.0. The summed E-state index contributed by atoms with van der Waals surface area (Å²) in [5, 5.41) is 19.1. The summed E-state index contributed by atoms with van der Waals surface area (Å²) in [5.74, 6) is -1.43. The molecule has 0 unspecified atom stereocenters. The number of hydrogen-bond donors (Lipinski definition) is 5. The van der Waals surface area contributed by atoms with Crippen molar-refractivity contribution in [1.82, 2.24) is 49.9 Å². The number of carbonyl (C=O) groups is 4. The highest BCUT2D eigenvalue weighted by Gasteiger charge is 2.26. The zero-order chi connectivity index (χ0) is 48.7. The predicted molar refractivity (Wildman–Crippen MR) is 246 cm³/mol. The molecule has 4 heterocycles. The Bertz CT molecular complexity index is 2610. The lowest BCUT2D eigenvalue weighted by atomic mass is 9.97. The van der Waals surface area contributed by atoms with Gasteiger partial charge in [0.1, 0.15) is 0 Å². The molecule has 5 N–H and O–H groups in total. The summed E-state index contributed by atoms with van der Waals surface area (Å²) in [4.78, 5) is 67.7. The summed E-state index contributed by atoms with van der Waals surface area (Å²) in [7, 11) is -8.05. The van der Waals surface area contributed by atoms with Gasteiger partial charge in [0.2, 0.25) is 26.0 Å². The Morgan fingerprint density at radius 1 is 0.721 bits per heavy atom. The van der Waals surface area contributed by atoms with E-state index in [1.807, 2.05) is 4.90 Å². The predicted octanol–water partition coefficient (Wildman–Crippen LogP) is 2.47. The number of likely N-dealkylation sites (tertiary alicyclic amines) is 2. The maximum Gasteiger partial charge on any atom is 0.350 e. The molecule has 4 aromatic rings. The topological polar surface area (TPSA) is 303 Å². The number of urea groups is 2. The van der Waals surface area contributed by atoms with Crippen LogP contribution >= 0.6 is 0 Å². The molecule has 368 valence electrons. The van der Waals surface area contributed by atoms with Crippen molar-refractivity contribution < 1.29 is 54.6 Å². The highest BCUT2D eigenvalue weighted by atomic mass is 32.2. The van der Waals surface area contributed by atoms with Gasteiger partial charge in [-0.05, 0) is 106 Å². The molecule has 0 saturated carbocycles. The van der Waals surface area contributed by atoms with Crippen LogP contribution in [-0.4, -0.2) is 153 Å². The quantitative estimate of drug-likeness (QED) is 0.0455. The lowest BCUT2D eigenvalue weighted by Gasteiger charge is -2.32. The minimum Gasteiger partial charge on any atom is -0.445 e. The Balaban J connectivity index is 0.816. The first-order valence-corrected chi connectivity index (χ1v) is 25.4. The number of ether oxygens (including phenoxy) is 1. The molecule has 2 aromatic carbocycles. The zero-order valence-electron chi connectivity index (χ0n) is 37.9. The van der Waals surface area contributed by atoms with Crippen molar-refractivity contribution in [1.29, 1.82) is 0 Å². The summed E-state index contributed by atoms with van der Waals surface area (Å²) >= 11 is 0. The van der Waals surface area contributed by atoms with Crippen molar-refractivity contribution in [2.45, 2.75) is 39.5 Å². The van der Waals surface area contributed by atoms with Gasteiger partial charge in [-0.25, -0.2) is 40.7 Å².